The molecule has 132 valence electrons. The number of likely N-dealkylation sites (tertiary alicyclic amines) is 1. The highest BCUT2D eigenvalue weighted by Gasteiger charge is 2.30. The first-order valence-corrected chi connectivity index (χ1v) is 9.28. The summed E-state index contributed by atoms with van der Waals surface area (Å²) in [6.07, 6.45) is 7.12. The molecule has 1 amide bonds. The van der Waals surface area contributed by atoms with E-state index in [0.29, 0.717) is 11.8 Å². The fraction of sp³-hybridized carbons (Fsp3) is 0.500. The molecule has 2 aliphatic rings. The molecular formula is C20H26N4O. The van der Waals surface area contributed by atoms with Crippen molar-refractivity contribution in [2.45, 2.75) is 32.7 Å². The number of amides is 1. The molecule has 1 unspecified atom stereocenters. The Balaban J connectivity index is 1.38. The summed E-state index contributed by atoms with van der Waals surface area (Å²) < 4.78 is 1.94. The van der Waals surface area contributed by atoms with Gasteiger partial charge in [0.25, 0.3) is 0 Å². The van der Waals surface area contributed by atoms with Gasteiger partial charge in [-0.1, -0.05) is 17.7 Å². The van der Waals surface area contributed by atoms with E-state index in [1.54, 1.807) is 0 Å². The minimum Gasteiger partial charge on any atom is -0.356 e. The Morgan fingerprint density at radius 1 is 1.32 bits per heavy atom. The molecule has 2 aromatic rings. The first-order chi connectivity index (χ1) is 12.2. The summed E-state index contributed by atoms with van der Waals surface area (Å²) in [5, 5.41) is 7.52. The Morgan fingerprint density at radius 2 is 2.20 bits per heavy atom. The summed E-state index contributed by atoms with van der Waals surface area (Å²) in [7, 11) is 0. The van der Waals surface area contributed by atoms with E-state index in [-0.39, 0.29) is 5.91 Å². The summed E-state index contributed by atoms with van der Waals surface area (Å²) in [5.74, 6) is 1.14. The molecule has 1 atom stereocenters. The minimum atomic E-state index is 0.262. The van der Waals surface area contributed by atoms with E-state index in [0.717, 1.165) is 51.1 Å². The number of carbonyl (C=O) groups is 1. The smallest absolute Gasteiger partial charge is 0.223 e. The van der Waals surface area contributed by atoms with Gasteiger partial charge in [0.05, 0.1) is 5.69 Å². The van der Waals surface area contributed by atoms with Crippen LogP contribution in [0.3, 0.4) is 0 Å². The van der Waals surface area contributed by atoms with Crippen molar-refractivity contribution in [2.75, 3.05) is 19.6 Å². The Hall–Kier alpha value is -2.14. The second-order valence-electron chi connectivity index (χ2n) is 7.49. The van der Waals surface area contributed by atoms with Crippen LogP contribution in [0.1, 0.15) is 30.4 Å². The molecule has 1 aromatic heterocycles. The number of benzene rings is 1. The first-order valence-electron chi connectivity index (χ1n) is 9.28. The van der Waals surface area contributed by atoms with E-state index in [1.807, 2.05) is 23.1 Å². The maximum absolute atomic E-state index is 11.8. The van der Waals surface area contributed by atoms with Crippen LogP contribution in [0.4, 0.5) is 0 Å². The summed E-state index contributed by atoms with van der Waals surface area (Å²) in [4.78, 5) is 14.3. The van der Waals surface area contributed by atoms with Crippen molar-refractivity contribution in [3.05, 3.63) is 47.8 Å². The molecule has 1 aromatic carbocycles. The summed E-state index contributed by atoms with van der Waals surface area (Å²) in [6, 6.07) is 8.51. The highest BCUT2D eigenvalue weighted by atomic mass is 16.2. The van der Waals surface area contributed by atoms with Gasteiger partial charge < -0.3 is 5.32 Å². The summed E-state index contributed by atoms with van der Waals surface area (Å²) in [5.41, 5.74) is 3.74. The lowest BCUT2D eigenvalue weighted by Gasteiger charge is -2.19. The molecule has 1 N–H and O–H groups in total. The van der Waals surface area contributed by atoms with Crippen molar-refractivity contribution < 1.29 is 4.79 Å². The van der Waals surface area contributed by atoms with Crippen molar-refractivity contribution in [1.82, 2.24) is 20.0 Å². The summed E-state index contributed by atoms with van der Waals surface area (Å²) >= 11 is 0. The zero-order chi connectivity index (χ0) is 17.2. The normalized spacial score (nSPS) is 20.8. The number of nitrogens with zero attached hydrogens (tertiary/aromatic N) is 3. The molecule has 2 fully saturated rings. The van der Waals surface area contributed by atoms with E-state index >= 15 is 0 Å². The molecular weight excluding hydrogens is 312 g/mol. The number of nitrogens with one attached hydrogen (secondary N) is 1. The number of hydrogen-bond acceptors (Lipinski definition) is 3. The molecule has 1 aliphatic heterocycles. The number of aryl methyl sites for hydroxylation is 1. The van der Waals surface area contributed by atoms with Gasteiger partial charge in [0, 0.05) is 37.9 Å². The quantitative estimate of drug-likeness (QED) is 0.880. The lowest BCUT2D eigenvalue weighted by molar-refractivity contribution is -0.122. The maximum atomic E-state index is 11.8. The molecule has 2 heterocycles. The molecule has 4 rings (SSSR count). The highest BCUT2D eigenvalue weighted by molar-refractivity contribution is 5.80. The SMILES string of the molecule is Cc1ccc(-n2cccn2)c(CN2CCC(CNC(=O)C3CC3)C2)c1. The zero-order valence-corrected chi connectivity index (χ0v) is 14.8. The maximum Gasteiger partial charge on any atom is 0.223 e. The predicted octanol–water partition coefficient (Wildman–Crippen LogP) is 2.53. The second kappa shape index (κ2) is 7.00. The number of aromatic nitrogens is 2. The third-order valence-electron chi connectivity index (χ3n) is 5.26. The summed E-state index contributed by atoms with van der Waals surface area (Å²) in [6.45, 7) is 6.04. The van der Waals surface area contributed by atoms with Gasteiger partial charge in [-0.05, 0) is 56.3 Å². The third kappa shape index (κ3) is 3.93. The topological polar surface area (TPSA) is 50.2 Å². The van der Waals surface area contributed by atoms with E-state index in [4.69, 9.17) is 0 Å². The van der Waals surface area contributed by atoms with E-state index < -0.39 is 0 Å². The Bertz CT molecular complexity index is 736. The zero-order valence-electron chi connectivity index (χ0n) is 14.8. The van der Waals surface area contributed by atoms with Gasteiger partial charge in [0.2, 0.25) is 5.91 Å². The number of carbonyl (C=O) groups excluding carboxylic acids is 1. The Labute approximate surface area is 149 Å². The second-order valence-corrected chi connectivity index (χ2v) is 7.49. The Morgan fingerprint density at radius 3 is 2.96 bits per heavy atom. The van der Waals surface area contributed by atoms with E-state index in [9.17, 15) is 4.79 Å². The lowest BCUT2D eigenvalue weighted by Crippen LogP contribution is -2.31. The third-order valence-corrected chi connectivity index (χ3v) is 5.26. The van der Waals surface area contributed by atoms with E-state index in [1.165, 1.54) is 11.1 Å². The van der Waals surface area contributed by atoms with Crippen molar-refractivity contribution in [1.29, 1.82) is 0 Å². The van der Waals surface area contributed by atoms with Gasteiger partial charge in [-0.2, -0.15) is 5.10 Å². The fourth-order valence-electron chi connectivity index (χ4n) is 3.67. The van der Waals surface area contributed by atoms with Gasteiger partial charge in [0.15, 0.2) is 0 Å². The van der Waals surface area contributed by atoms with Crippen LogP contribution in [0.15, 0.2) is 36.7 Å². The molecule has 0 radical (unpaired) electrons. The van der Waals surface area contributed by atoms with Crippen LogP contribution < -0.4 is 5.32 Å². The monoisotopic (exact) mass is 338 g/mol. The predicted molar refractivity (Wildman–Crippen MR) is 97.4 cm³/mol. The van der Waals surface area contributed by atoms with Crippen molar-refractivity contribution in [3.63, 3.8) is 0 Å². The van der Waals surface area contributed by atoms with Crippen LogP contribution in [-0.4, -0.2) is 40.2 Å². The molecule has 25 heavy (non-hydrogen) atoms. The number of rotatable bonds is 6. The van der Waals surface area contributed by atoms with Crippen LogP contribution in [0.25, 0.3) is 5.69 Å². The first kappa shape index (κ1) is 16.3. The van der Waals surface area contributed by atoms with Crippen LogP contribution in [0.5, 0.6) is 0 Å². The molecule has 5 heteroatoms. The van der Waals surface area contributed by atoms with Gasteiger partial charge >= 0.3 is 0 Å². The molecule has 0 spiro atoms. The van der Waals surface area contributed by atoms with Gasteiger partial charge in [-0.15, -0.1) is 0 Å². The number of hydrogen-bond donors (Lipinski definition) is 1. The largest absolute Gasteiger partial charge is 0.356 e. The van der Waals surface area contributed by atoms with Gasteiger partial charge in [-0.25, -0.2) is 4.68 Å². The molecule has 1 saturated carbocycles. The molecule has 1 saturated heterocycles. The van der Waals surface area contributed by atoms with Crippen LogP contribution in [0.2, 0.25) is 0 Å². The molecule has 0 bridgehead atoms. The standard InChI is InChI=1S/C20H26N4O/c1-15-3-6-19(24-9-2-8-22-24)18(11-15)14-23-10-7-16(13-23)12-21-20(25)17-4-5-17/h2-3,6,8-9,11,16-17H,4-5,7,10,12-14H2,1H3,(H,21,25). The van der Waals surface area contributed by atoms with Crippen molar-refractivity contribution in [2.24, 2.45) is 11.8 Å². The average molecular weight is 338 g/mol. The minimum absolute atomic E-state index is 0.262. The lowest BCUT2D eigenvalue weighted by atomic mass is 10.1. The van der Waals surface area contributed by atoms with E-state index in [2.05, 4.69) is 40.4 Å². The van der Waals surface area contributed by atoms with Crippen molar-refractivity contribution in [3.8, 4) is 5.69 Å². The van der Waals surface area contributed by atoms with Crippen LogP contribution in [-0.2, 0) is 11.3 Å². The van der Waals surface area contributed by atoms with Gasteiger partial charge in [0.1, 0.15) is 0 Å². The Kier molecular flexibility index (Phi) is 4.57. The highest BCUT2D eigenvalue weighted by Crippen LogP contribution is 2.29. The van der Waals surface area contributed by atoms with Crippen molar-refractivity contribution >= 4 is 5.91 Å². The van der Waals surface area contributed by atoms with Crippen LogP contribution >= 0.6 is 0 Å². The average Bonchev–Trinajstić information content (AvgIpc) is 3.13. The molecule has 1 aliphatic carbocycles. The van der Waals surface area contributed by atoms with Gasteiger partial charge in [-0.3, -0.25) is 9.69 Å². The molecule has 5 nitrogen and oxygen atoms in total. The fourth-order valence-corrected chi connectivity index (χ4v) is 3.67. The van der Waals surface area contributed by atoms with Crippen LogP contribution in [0, 0.1) is 18.8 Å².